The molecular weight excluding hydrogens is 342 g/mol. The Balaban J connectivity index is 1.51. The minimum Gasteiger partial charge on any atom is -0.599 e. The number of aliphatic imine (C=N–C) groups is 1. The Morgan fingerprint density at radius 3 is 2.26 bits per heavy atom. The summed E-state index contributed by atoms with van der Waals surface area (Å²) < 4.78 is 5.47. The van der Waals surface area contributed by atoms with Crippen LogP contribution in [0.2, 0.25) is 0 Å². The van der Waals surface area contributed by atoms with Crippen LogP contribution in [-0.2, 0) is 9.53 Å². The number of rotatable bonds is 4. The average molecular weight is 364 g/mol. The lowest BCUT2D eigenvalue weighted by Gasteiger charge is -2.28. The van der Waals surface area contributed by atoms with Crippen molar-refractivity contribution in [3.8, 4) is 11.1 Å². The SMILES string of the molecule is O=C(O)[C@H]1CCCC[C@H]1N=C([O-])OCC1c2ccccc2-c2ccccc21. The van der Waals surface area contributed by atoms with Gasteiger partial charge in [0.05, 0.1) is 12.0 Å². The highest BCUT2D eigenvalue weighted by Crippen LogP contribution is 2.44. The number of carboxylic acids is 1. The third-order valence-corrected chi connectivity index (χ3v) is 5.65. The van der Waals surface area contributed by atoms with E-state index in [0.29, 0.717) is 12.8 Å². The Kier molecular flexibility index (Phi) is 4.84. The third-order valence-electron chi connectivity index (χ3n) is 5.65. The zero-order chi connectivity index (χ0) is 18.8. The van der Waals surface area contributed by atoms with Crippen LogP contribution in [0.15, 0.2) is 53.5 Å². The first kappa shape index (κ1) is 17.6. The number of carboxylic acid groups (broad SMARTS) is 1. The Bertz CT molecular complexity index is 831. The number of hydrogen-bond donors (Lipinski definition) is 1. The van der Waals surface area contributed by atoms with Gasteiger partial charge in [0.15, 0.2) is 0 Å². The fraction of sp³-hybridized carbons (Fsp3) is 0.364. The average Bonchev–Trinajstić information content (AvgIpc) is 3.00. The van der Waals surface area contributed by atoms with Crippen molar-refractivity contribution in [3.05, 3.63) is 59.7 Å². The quantitative estimate of drug-likeness (QED) is 0.667. The van der Waals surface area contributed by atoms with Crippen molar-refractivity contribution in [1.82, 2.24) is 0 Å². The first-order chi connectivity index (χ1) is 13.1. The van der Waals surface area contributed by atoms with Gasteiger partial charge in [-0.25, -0.2) is 0 Å². The molecule has 4 rings (SSSR count). The minimum absolute atomic E-state index is 0.0156. The minimum atomic E-state index is -0.880. The molecule has 2 aliphatic rings. The van der Waals surface area contributed by atoms with Crippen molar-refractivity contribution in [2.45, 2.75) is 37.6 Å². The normalized spacial score (nSPS) is 22.1. The lowest BCUT2D eigenvalue weighted by Crippen LogP contribution is -2.34. The van der Waals surface area contributed by atoms with Crippen molar-refractivity contribution >= 4 is 12.1 Å². The van der Waals surface area contributed by atoms with E-state index in [0.717, 1.165) is 24.0 Å². The molecule has 2 atom stereocenters. The van der Waals surface area contributed by atoms with Gasteiger partial charge in [-0.15, -0.1) is 0 Å². The topological polar surface area (TPSA) is 82.0 Å². The lowest BCUT2D eigenvalue weighted by molar-refractivity contribution is -0.251. The van der Waals surface area contributed by atoms with Crippen molar-refractivity contribution in [1.29, 1.82) is 0 Å². The highest BCUT2D eigenvalue weighted by molar-refractivity contribution is 5.79. The molecule has 0 saturated heterocycles. The van der Waals surface area contributed by atoms with E-state index in [9.17, 15) is 15.0 Å². The van der Waals surface area contributed by atoms with Gasteiger partial charge < -0.3 is 14.9 Å². The van der Waals surface area contributed by atoms with Gasteiger partial charge in [-0.05, 0) is 35.1 Å². The van der Waals surface area contributed by atoms with Crippen LogP contribution in [0, 0.1) is 5.92 Å². The molecule has 2 aliphatic carbocycles. The van der Waals surface area contributed by atoms with E-state index in [1.165, 1.54) is 11.1 Å². The van der Waals surface area contributed by atoms with Gasteiger partial charge in [0.25, 0.3) is 0 Å². The number of nitrogens with zero attached hydrogens (tertiary/aromatic N) is 1. The number of fused-ring (bicyclic) bond motifs is 3. The smallest absolute Gasteiger partial charge is 0.308 e. The molecular formula is C22H22NO4-. The Morgan fingerprint density at radius 2 is 1.63 bits per heavy atom. The first-order valence-corrected chi connectivity index (χ1v) is 9.44. The standard InChI is InChI=1S/C22H23NO4/c24-21(25)18-11-5-6-12-20(18)23-22(26)27-13-19-16-9-3-1-7-14(16)15-8-2-4-10-17(15)19/h1-4,7-10,18-20H,5-6,11-13H2,(H,23,26)(H,24,25)/p-1/t18-,20+/m0/s1. The molecule has 27 heavy (non-hydrogen) atoms. The van der Waals surface area contributed by atoms with E-state index < -0.39 is 24.0 Å². The van der Waals surface area contributed by atoms with Gasteiger partial charge >= 0.3 is 5.97 Å². The summed E-state index contributed by atoms with van der Waals surface area (Å²) in [5.41, 5.74) is 4.63. The second-order valence-corrected chi connectivity index (χ2v) is 7.23. The zero-order valence-electron chi connectivity index (χ0n) is 15.0. The predicted molar refractivity (Wildman–Crippen MR) is 100 cm³/mol. The molecule has 140 valence electrons. The molecule has 5 heteroatoms. The third kappa shape index (κ3) is 3.42. The maximum absolute atomic E-state index is 12.3. The highest BCUT2D eigenvalue weighted by Gasteiger charge is 2.31. The Hall–Kier alpha value is -2.82. The summed E-state index contributed by atoms with van der Waals surface area (Å²) >= 11 is 0. The van der Waals surface area contributed by atoms with E-state index >= 15 is 0 Å². The number of hydrogen-bond acceptors (Lipinski definition) is 4. The molecule has 0 heterocycles. The van der Waals surface area contributed by atoms with E-state index in [-0.39, 0.29) is 12.5 Å². The van der Waals surface area contributed by atoms with Gasteiger partial charge in [0, 0.05) is 12.5 Å². The number of benzene rings is 2. The Morgan fingerprint density at radius 1 is 1.04 bits per heavy atom. The number of carbonyl (C=O) groups is 1. The maximum Gasteiger partial charge on any atom is 0.308 e. The maximum atomic E-state index is 12.3. The van der Waals surface area contributed by atoms with Crippen molar-refractivity contribution in [3.63, 3.8) is 0 Å². The molecule has 0 radical (unpaired) electrons. The van der Waals surface area contributed by atoms with Gasteiger partial charge in [0.2, 0.25) is 0 Å². The molecule has 0 aliphatic heterocycles. The van der Waals surface area contributed by atoms with Gasteiger partial charge in [0.1, 0.15) is 6.08 Å². The molecule has 5 nitrogen and oxygen atoms in total. The fourth-order valence-corrected chi connectivity index (χ4v) is 4.32. The van der Waals surface area contributed by atoms with Gasteiger partial charge in [-0.3, -0.25) is 9.79 Å². The largest absolute Gasteiger partial charge is 0.599 e. The predicted octanol–water partition coefficient (Wildman–Crippen LogP) is 3.18. The Labute approximate surface area is 158 Å². The molecule has 1 fully saturated rings. The highest BCUT2D eigenvalue weighted by atomic mass is 16.6. The molecule has 0 aromatic heterocycles. The summed E-state index contributed by atoms with van der Waals surface area (Å²) in [6, 6.07) is 15.8. The summed E-state index contributed by atoms with van der Waals surface area (Å²) in [4.78, 5) is 15.4. The monoisotopic (exact) mass is 364 g/mol. The van der Waals surface area contributed by atoms with Gasteiger partial charge in [-0.1, -0.05) is 61.4 Å². The van der Waals surface area contributed by atoms with Crippen LogP contribution in [0.1, 0.15) is 42.7 Å². The van der Waals surface area contributed by atoms with Gasteiger partial charge in [-0.2, -0.15) is 0 Å². The molecule has 0 unspecified atom stereocenters. The molecule has 0 bridgehead atoms. The fourth-order valence-electron chi connectivity index (χ4n) is 4.32. The molecule has 2 aromatic rings. The summed E-state index contributed by atoms with van der Waals surface area (Å²) in [5, 5.41) is 21.6. The lowest BCUT2D eigenvalue weighted by atomic mass is 9.85. The summed E-state index contributed by atoms with van der Waals surface area (Å²) in [6.07, 6.45) is 2.30. The van der Waals surface area contributed by atoms with Crippen LogP contribution < -0.4 is 5.11 Å². The van der Waals surface area contributed by atoms with Crippen LogP contribution in [0.25, 0.3) is 11.1 Å². The first-order valence-electron chi connectivity index (χ1n) is 9.44. The molecule has 0 amide bonds. The molecule has 2 aromatic carbocycles. The van der Waals surface area contributed by atoms with E-state index in [1.54, 1.807) is 0 Å². The van der Waals surface area contributed by atoms with Crippen molar-refractivity contribution in [2.75, 3.05) is 6.61 Å². The van der Waals surface area contributed by atoms with Crippen LogP contribution >= 0.6 is 0 Å². The second kappa shape index (κ2) is 7.43. The van der Waals surface area contributed by atoms with Crippen LogP contribution in [0.5, 0.6) is 0 Å². The summed E-state index contributed by atoms with van der Waals surface area (Å²) in [6.45, 7) is 0.209. The van der Waals surface area contributed by atoms with Crippen LogP contribution in [0.4, 0.5) is 0 Å². The van der Waals surface area contributed by atoms with E-state index in [1.807, 2.05) is 24.3 Å². The van der Waals surface area contributed by atoms with Crippen LogP contribution in [0.3, 0.4) is 0 Å². The van der Waals surface area contributed by atoms with Crippen molar-refractivity contribution in [2.24, 2.45) is 10.9 Å². The van der Waals surface area contributed by atoms with Crippen LogP contribution in [-0.4, -0.2) is 29.8 Å². The number of aliphatic carboxylic acids is 1. The summed E-state index contributed by atoms with van der Waals surface area (Å²) in [7, 11) is 0. The van der Waals surface area contributed by atoms with E-state index in [4.69, 9.17) is 4.74 Å². The van der Waals surface area contributed by atoms with E-state index in [2.05, 4.69) is 29.3 Å². The second-order valence-electron chi connectivity index (χ2n) is 7.23. The molecule has 1 saturated carbocycles. The molecule has 1 N–H and O–H groups in total. The molecule has 0 spiro atoms. The zero-order valence-corrected chi connectivity index (χ0v) is 15.0. The number of ether oxygens (including phenoxy) is 1. The summed E-state index contributed by atoms with van der Waals surface area (Å²) in [5.74, 6) is -1.48. The van der Waals surface area contributed by atoms with Crippen molar-refractivity contribution < 1.29 is 19.7 Å².